The van der Waals surface area contributed by atoms with Gasteiger partial charge in [-0.2, -0.15) is 4.52 Å². The number of nitrogens with one attached hydrogen (secondary N) is 1. The quantitative estimate of drug-likeness (QED) is 0.832. The van der Waals surface area contributed by atoms with Crippen LogP contribution < -0.4 is 10.2 Å². The molecule has 1 aliphatic carbocycles. The monoisotopic (exact) mass is 327 g/mol. The van der Waals surface area contributed by atoms with Gasteiger partial charge < -0.3 is 15.1 Å². The van der Waals surface area contributed by atoms with Gasteiger partial charge in [0.2, 0.25) is 0 Å². The Morgan fingerprint density at radius 2 is 1.92 bits per heavy atom. The summed E-state index contributed by atoms with van der Waals surface area (Å²) in [7, 11) is 0. The molecule has 0 spiro atoms. The van der Waals surface area contributed by atoms with Crippen molar-refractivity contribution >= 4 is 17.5 Å². The summed E-state index contributed by atoms with van der Waals surface area (Å²) < 4.78 is 1.82. The molecule has 8 heteroatoms. The fourth-order valence-corrected chi connectivity index (χ4v) is 3.26. The molecule has 0 unspecified atom stereocenters. The first-order chi connectivity index (χ1) is 11.7. The van der Waals surface area contributed by atoms with Gasteiger partial charge >= 0.3 is 6.03 Å². The normalized spacial score (nSPS) is 18.5. The molecule has 8 nitrogen and oxygen atoms in total. The number of urea groups is 1. The Morgan fingerprint density at radius 1 is 1.17 bits per heavy atom. The first kappa shape index (κ1) is 14.9. The van der Waals surface area contributed by atoms with Crippen LogP contribution in [0.4, 0.5) is 10.6 Å². The summed E-state index contributed by atoms with van der Waals surface area (Å²) in [4.78, 5) is 25.0. The number of amides is 2. The molecule has 2 aliphatic rings. The minimum atomic E-state index is 0.0382. The minimum absolute atomic E-state index is 0.0382. The van der Waals surface area contributed by atoms with Gasteiger partial charge in [-0.05, 0) is 19.8 Å². The highest BCUT2D eigenvalue weighted by Gasteiger charge is 2.24. The Kier molecular flexibility index (Phi) is 3.79. The van der Waals surface area contributed by atoms with E-state index in [4.69, 9.17) is 0 Å². The molecule has 24 heavy (non-hydrogen) atoms. The highest BCUT2D eigenvalue weighted by atomic mass is 16.2. The molecular formula is C16H21N7O. The lowest BCUT2D eigenvalue weighted by Gasteiger charge is -2.36. The van der Waals surface area contributed by atoms with E-state index < -0.39 is 0 Å². The highest BCUT2D eigenvalue weighted by Crippen LogP contribution is 2.17. The molecule has 1 aliphatic heterocycles. The van der Waals surface area contributed by atoms with Gasteiger partial charge in [-0.15, -0.1) is 5.10 Å². The molecule has 1 N–H and O–H groups in total. The van der Waals surface area contributed by atoms with Crippen molar-refractivity contribution in [2.45, 2.75) is 25.8 Å². The zero-order chi connectivity index (χ0) is 16.5. The van der Waals surface area contributed by atoms with Gasteiger partial charge in [-0.1, -0.05) is 12.2 Å². The number of carbonyl (C=O) groups is 1. The first-order valence-electron chi connectivity index (χ1n) is 8.33. The first-order valence-corrected chi connectivity index (χ1v) is 8.33. The maximum absolute atomic E-state index is 12.3. The molecule has 1 fully saturated rings. The van der Waals surface area contributed by atoms with Crippen molar-refractivity contribution in [1.82, 2.24) is 29.8 Å². The maximum Gasteiger partial charge on any atom is 0.317 e. The van der Waals surface area contributed by atoms with Crippen LogP contribution >= 0.6 is 0 Å². The van der Waals surface area contributed by atoms with Gasteiger partial charge in [0.1, 0.15) is 5.82 Å². The van der Waals surface area contributed by atoms with E-state index in [0.717, 1.165) is 43.2 Å². The summed E-state index contributed by atoms with van der Waals surface area (Å²) in [5.74, 6) is 1.65. The van der Waals surface area contributed by atoms with Gasteiger partial charge in [-0.25, -0.2) is 9.78 Å². The van der Waals surface area contributed by atoms with Crippen LogP contribution in [0.3, 0.4) is 0 Å². The number of piperazine rings is 1. The van der Waals surface area contributed by atoms with Crippen molar-refractivity contribution in [1.29, 1.82) is 0 Å². The van der Waals surface area contributed by atoms with Crippen LogP contribution in [-0.2, 0) is 0 Å². The van der Waals surface area contributed by atoms with Gasteiger partial charge in [0, 0.05) is 32.2 Å². The molecule has 2 aromatic heterocycles. The third-order valence-corrected chi connectivity index (χ3v) is 4.56. The van der Waals surface area contributed by atoms with E-state index in [1.807, 2.05) is 16.3 Å². The van der Waals surface area contributed by atoms with Crippen LogP contribution in [0.15, 0.2) is 24.5 Å². The summed E-state index contributed by atoms with van der Waals surface area (Å²) in [5.41, 5.74) is 0.749. The van der Waals surface area contributed by atoms with E-state index >= 15 is 0 Å². The van der Waals surface area contributed by atoms with Crippen molar-refractivity contribution < 1.29 is 4.79 Å². The Hall–Kier alpha value is -2.64. The van der Waals surface area contributed by atoms with Crippen LogP contribution in [0, 0.1) is 6.92 Å². The third kappa shape index (κ3) is 2.79. The van der Waals surface area contributed by atoms with Gasteiger partial charge in [0.25, 0.3) is 0 Å². The smallest absolute Gasteiger partial charge is 0.317 e. The van der Waals surface area contributed by atoms with Crippen molar-refractivity contribution in [2.24, 2.45) is 0 Å². The average Bonchev–Trinajstić information content (AvgIpc) is 3.23. The number of aromatic nitrogens is 4. The maximum atomic E-state index is 12.3. The van der Waals surface area contributed by atoms with Crippen LogP contribution in [-0.4, -0.2) is 62.7 Å². The van der Waals surface area contributed by atoms with E-state index in [1.165, 1.54) is 0 Å². The molecule has 2 amide bonds. The number of fused-ring (bicyclic) bond motifs is 1. The number of hydrogen-bond donors (Lipinski definition) is 1. The molecule has 0 bridgehead atoms. The van der Waals surface area contributed by atoms with Crippen LogP contribution in [0.5, 0.6) is 0 Å². The fraction of sp³-hybridized carbons (Fsp3) is 0.500. The second-order valence-corrected chi connectivity index (χ2v) is 6.26. The standard InChI is InChI=1S/C16H21N7O/c1-12-18-14-10-17-11-15(23(14)20-12)21-6-8-22(9-7-21)16(24)19-13-4-2-3-5-13/h2-3,10-11,13H,4-9H2,1H3,(H,19,24). The van der Waals surface area contributed by atoms with E-state index in [1.54, 1.807) is 12.4 Å². The molecule has 0 radical (unpaired) electrons. The number of rotatable bonds is 2. The van der Waals surface area contributed by atoms with Crippen molar-refractivity contribution in [2.75, 3.05) is 31.1 Å². The van der Waals surface area contributed by atoms with Crippen LogP contribution in [0.2, 0.25) is 0 Å². The summed E-state index contributed by atoms with van der Waals surface area (Å²) in [5, 5.41) is 7.54. The molecular weight excluding hydrogens is 306 g/mol. The second-order valence-electron chi connectivity index (χ2n) is 6.26. The van der Waals surface area contributed by atoms with Crippen molar-refractivity contribution in [3.63, 3.8) is 0 Å². The zero-order valence-corrected chi connectivity index (χ0v) is 13.7. The molecule has 0 saturated carbocycles. The fourth-order valence-electron chi connectivity index (χ4n) is 3.26. The Bertz CT molecular complexity index is 768. The number of anilines is 1. The number of aryl methyl sites for hydroxylation is 1. The number of nitrogens with zero attached hydrogens (tertiary/aromatic N) is 6. The van der Waals surface area contributed by atoms with Crippen molar-refractivity contribution in [3.8, 4) is 0 Å². The molecule has 0 aromatic carbocycles. The van der Waals surface area contributed by atoms with Crippen LogP contribution in [0.1, 0.15) is 18.7 Å². The molecule has 4 rings (SSSR count). The lowest BCUT2D eigenvalue weighted by molar-refractivity contribution is 0.190. The number of hydrogen-bond acceptors (Lipinski definition) is 5. The predicted octanol–water partition coefficient (Wildman–Crippen LogP) is 0.983. The van der Waals surface area contributed by atoms with Gasteiger partial charge in [0.05, 0.1) is 12.4 Å². The highest BCUT2D eigenvalue weighted by molar-refractivity contribution is 5.75. The van der Waals surface area contributed by atoms with Crippen molar-refractivity contribution in [3.05, 3.63) is 30.4 Å². The Morgan fingerprint density at radius 3 is 2.67 bits per heavy atom. The minimum Gasteiger partial charge on any atom is -0.352 e. The van der Waals surface area contributed by atoms with Crippen LogP contribution in [0.25, 0.3) is 5.65 Å². The third-order valence-electron chi connectivity index (χ3n) is 4.56. The second kappa shape index (κ2) is 6.10. The Balaban J connectivity index is 1.41. The lowest BCUT2D eigenvalue weighted by atomic mass is 10.2. The zero-order valence-electron chi connectivity index (χ0n) is 13.7. The largest absolute Gasteiger partial charge is 0.352 e. The molecule has 1 saturated heterocycles. The summed E-state index contributed by atoms with van der Waals surface area (Å²) in [6.45, 7) is 4.77. The average molecular weight is 327 g/mol. The van der Waals surface area contributed by atoms with Gasteiger partial charge in [-0.3, -0.25) is 4.98 Å². The summed E-state index contributed by atoms with van der Waals surface area (Å²) >= 11 is 0. The molecule has 2 aromatic rings. The SMILES string of the molecule is Cc1nc2cncc(N3CCN(C(=O)NC4CC=CC4)CC3)n2n1. The summed E-state index contributed by atoms with van der Waals surface area (Å²) in [6, 6.07) is 0.294. The molecule has 3 heterocycles. The van der Waals surface area contributed by atoms with E-state index in [0.29, 0.717) is 13.1 Å². The van der Waals surface area contributed by atoms with Gasteiger partial charge in [0.15, 0.2) is 11.5 Å². The topological polar surface area (TPSA) is 78.7 Å². The Labute approximate surface area is 140 Å². The van der Waals surface area contributed by atoms with E-state index in [2.05, 4.69) is 37.4 Å². The molecule has 126 valence electrons. The van der Waals surface area contributed by atoms with E-state index in [9.17, 15) is 4.79 Å². The number of carbonyl (C=O) groups excluding carboxylic acids is 1. The van der Waals surface area contributed by atoms with E-state index in [-0.39, 0.29) is 12.1 Å². The molecule has 0 atom stereocenters. The lowest BCUT2D eigenvalue weighted by Crippen LogP contribution is -2.53. The summed E-state index contributed by atoms with van der Waals surface area (Å²) in [6.07, 6.45) is 9.63. The predicted molar refractivity (Wildman–Crippen MR) is 90.0 cm³/mol.